The van der Waals surface area contributed by atoms with Crippen LogP contribution in [0.4, 0.5) is 0 Å². The van der Waals surface area contributed by atoms with Crippen LogP contribution in [0.5, 0.6) is 0 Å². The average Bonchev–Trinajstić information content (AvgIpc) is 2.17. The lowest BCUT2D eigenvalue weighted by Gasteiger charge is -2.24. The molecule has 0 radical (unpaired) electrons. The molecule has 0 fully saturated rings. The van der Waals surface area contributed by atoms with Gasteiger partial charge in [-0.05, 0) is 48.6 Å². The predicted octanol–water partition coefficient (Wildman–Crippen LogP) is 3.85. The first-order chi connectivity index (χ1) is 6.33. The third kappa shape index (κ3) is 1.62. The zero-order chi connectivity index (χ0) is 9.26. The van der Waals surface area contributed by atoms with Gasteiger partial charge in [-0.25, -0.2) is 0 Å². The molecule has 1 aliphatic rings. The third-order valence-electron chi connectivity index (χ3n) is 2.95. The summed E-state index contributed by atoms with van der Waals surface area (Å²) < 4.78 is 0. The van der Waals surface area contributed by atoms with Gasteiger partial charge in [-0.1, -0.05) is 19.1 Å². The highest BCUT2D eigenvalue weighted by molar-refractivity contribution is 7.98. The lowest BCUT2D eigenvalue weighted by Crippen LogP contribution is -2.07. The lowest BCUT2D eigenvalue weighted by atomic mass is 9.84. The molecule has 1 aliphatic carbocycles. The maximum Gasteiger partial charge on any atom is 0.0107 e. The van der Waals surface area contributed by atoms with Gasteiger partial charge in [0.15, 0.2) is 0 Å². The first kappa shape index (κ1) is 9.14. The summed E-state index contributed by atoms with van der Waals surface area (Å²) in [6, 6.07) is 6.75. The standard InChI is InChI=1S/C12H16S/c1-9-5-3-6-10-7-4-8-11(13-2)12(9)10/h4,7-9H,3,5-6H2,1-2H3. The van der Waals surface area contributed by atoms with Crippen LogP contribution in [0.3, 0.4) is 0 Å². The molecule has 0 bridgehead atoms. The number of hydrogen-bond donors (Lipinski definition) is 0. The van der Waals surface area contributed by atoms with Crippen molar-refractivity contribution in [3.05, 3.63) is 29.3 Å². The molecule has 0 aromatic heterocycles. The van der Waals surface area contributed by atoms with Crippen molar-refractivity contribution in [2.75, 3.05) is 6.26 Å². The molecule has 1 unspecified atom stereocenters. The van der Waals surface area contributed by atoms with Gasteiger partial charge in [-0.15, -0.1) is 11.8 Å². The van der Waals surface area contributed by atoms with Crippen LogP contribution in [0.15, 0.2) is 23.1 Å². The van der Waals surface area contributed by atoms with Crippen molar-refractivity contribution >= 4 is 11.8 Å². The Morgan fingerprint density at radius 2 is 2.23 bits per heavy atom. The molecule has 0 heterocycles. The number of fused-ring (bicyclic) bond motifs is 1. The topological polar surface area (TPSA) is 0 Å². The minimum Gasteiger partial charge on any atom is -0.129 e. The average molecular weight is 192 g/mol. The van der Waals surface area contributed by atoms with Crippen molar-refractivity contribution < 1.29 is 0 Å². The van der Waals surface area contributed by atoms with E-state index >= 15 is 0 Å². The second-order valence-corrected chi connectivity index (χ2v) is 4.67. The van der Waals surface area contributed by atoms with E-state index in [0.717, 1.165) is 5.92 Å². The van der Waals surface area contributed by atoms with E-state index in [2.05, 4.69) is 31.4 Å². The Morgan fingerprint density at radius 1 is 1.38 bits per heavy atom. The quantitative estimate of drug-likeness (QED) is 0.609. The van der Waals surface area contributed by atoms with Crippen molar-refractivity contribution in [2.45, 2.75) is 37.0 Å². The van der Waals surface area contributed by atoms with Gasteiger partial charge in [0, 0.05) is 4.90 Å². The van der Waals surface area contributed by atoms with Gasteiger partial charge in [0.2, 0.25) is 0 Å². The predicted molar refractivity (Wildman–Crippen MR) is 59.6 cm³/mol. The van der Waals surface area contributed by atoms with Crippen LogP contribution in [-0.4, -0.2) is 6.26 Å². The second kappa shape index (κ2) is 3.75. The SMILES string of the molecule is CSc1cccc2c1C(C)CCC2. The third-order valence-corrected chi connectivity index (χ3v) is 3.75. The maximum atomic E-state index is 2.36. The zero-order valence-corrected chi connectivity index (χ0v) is 9.16. The normalized spacial score (nSPS) is 21.2. The van der Waals surface area contributed by atoms with Crippen LogP contribution in [0.25, 0.3) is 0 Å². The van der Waals surface area contributed by atoms with E-state index < -0.39 is 0 Å². The van der Waals surface area contributed by atoms with Gasteiger partial charge in [0.25, 0.3) is 0 Å². The van der Waals surface area contributed by atoms with Gasteiger partial charge in [0.05, 0.1) is 0 Å². The fraction of sp³-hybridized carbons (Fsp3) is 0.500. The molecule has 0 nitrogen and oxygen atoms in total. The highest BCUT2D eigenvalue weighted by Gasteiger charge is 2.18. The van der Waals surface area contributed by atoms with Gasteiger partial charge < -0.3 is 0 Å². The Kier molecular flexibility index (Phi) is 2.63. The number of rotatable bonds is 1. The summed E-state index contributed by atoms with van der Waals surface area (Å²) in [6.07, 6.45) is 6.20. The van der Waals surface area contributed by atoms with E-state index in [9.17, 15) is 0 Å². The van der Waals surface area contributed by atoms with Gasteiger partial charge >= 0.3 is 0 Å². The van der Waals surface area contributed by atoms with Crippen molar-refractivity contribution in [3.63, 3.8) is 0 Å². The molecule has 70 valence electrons. The summed E-state index contributed by atoms with van der Waals surface area (Å²) in [6.45, 7) is 2.36. The minimum atomic E-state index is 0.771. The summed E-state index contributed by atoms with van der Waals surface area (Å²) in [7, 11) is 0. The molecule has 1 atom stereocenters. The van der Waals surface area contributed by atoms with E-state index in [1.54, 1.807) is 11.1 Å². The van der Waals surface area contributed by atoms with Crippen molar-refractivity contribution in [1.82, 2.24) is 0 Å². The first-order valence-electron chi connectivity index (χ1n) is 4.98. The molecule has 0 N–H and O–H groups in total. The van der Waals surface area contributed by atoms with Gasteiger partial charge in [-0.2, -0.15) is 0 Å². The molecule has 1 heteroatoms. The fourth-order valence-electron chi connectivity index (χ4n) is 2.29. The molecular formula is C12H16S. The van der Waals surface area contributed by atoms with Gasteiger partial charge in [0.1, 0.15) is 0 Å². The molecule has 13 heavy (non-hydrogen) atoms. The molecule has 0 amide bonds. The Morgan fingerprint density at radius 3 is 3.00 bits per heavy atom. The number of hydrogen-bond acceptors (Lipinski definition) is 1. The van der Waals surface area contributed by atoms with Crippen LogP contribution in [0.1, 0.15) is 36.8 Å². The Labute approximate surface area is 84.7 Å². The van der Waals surface area contributed by atoms with E-state index in [1.807, 2.05) is 11.8 Å². The highest BCUT2D eigenvalue weighted by atomic mass is 32.2. The van der Waals surface area contributed by atoms with Crippen LogP contribution in [0, 0.1) is 0 Å². The largest absolute Gasteiger partial charge is 0.129 e. The van der Waals surface area contributed by atoms with E-state index in [1.165, 1.54) is 24.2 Å². The fourth-order valence-corrected chi connectivity index (χ4v) is 3.05. The molecular weight excluding hydrogens is 176 g/mol. The second-order valence-electron chi connectivity index (χ2n) is 3.83. The molecule has 0 aliphatic heterocycles. The van der Waals surface area contributed by atoms with E-state index in [4.69, 9.17) is 0 Å². The smallest absolute Gasteiger partial charge is 0.0107 e. The summed E-state index contributed by atoms with van der Waals surface area (Å²) in [5, 5.41) is 0. The molecule has 1 aromatic rings. The van der Waals surface area contributed by atoms with Crippen LogP contribution in [-0.2, 0) is 6.42 Å². The zero-order valence-electron chi connectivity index (χ0n) is 8.34. The lowest BCUT2D eigenvalue weighted by molar-refractivity contribution is 0.581. The Bertz CT molecular complexity index is 290. The molecule has 2 rings (SSSR count). The number of benzene rings is 1. The van der Waals surface area contributed by atoms with Crippen molar-refractivity contribution in [2.24, 2.45) is 0 Å². The molecule has 0 saturated carbocycles. The maximum absolute atomic E-state index is 2.36. The van der Waals surface area contributed by atoms with E-state index in [0.29, 0.717) is 0 Å². The Hall–Kier alpha value is -0.430. The highest BCUT2D eigenvalue weighted by Crippen LogP contribution is 2.37. The Balaban J connectivity index is 2.50. The monoisotopic (exact) mass is 192 g/mol. The van der Waals surface area contributed by atoms with Crippen molar-refractivity contribution in [1.29, 1.82) is 0 Å². The summed E-state index contributed by atoms with van der Waals surface area (Å²) in [4.78, 5) is 1.49. The number of thioether (sulfide) groups is 1. The van der Waals surface area contributed by atoms with Crippen molar-refractivity contribution in [3.8, 4) is 0 Å². The number of aryl methyl sites for hydroxylation is 1. The van der Waals surface area contributed by atoms with Crippen LogP contribution < -0.4 is 0 Å². The summed E-state index contributed by atoms with van der Waals surface area (Å²) in [5.41, 5.74) is 3.21. The van der Waals surface area contributed by atoms with Crippen LogP contribution >= 0.6 is 11.8 Å². The molecule has 0 spiro atoms. The van der Waals surface area contributed by atoms with Gasteiger partial charge in [-0.3, -0.25) is 0 Å². The molecule has 0 saturated heterocycles. The van der Waals surface area contributed by atoms with Crippen LogP contribution in [0.2, 0.25) is 0 Å². The first-order valence-corrected chi connectivity index (χ1v) is 6.21. The summed E-state index contributed by atoms with van der Waals surface area (Å²) >= 11 is 1.89. The molecule has 1 aromatic carbocycles. The van der Waals surface area contributed by atoms with E-state index in [-0.39, 0.29) is 0 Å². The summed E-state index contributed by atoms with van der Waals surface area (Å²) in [5.74, 6) is 0.771. The minimum absolute atomic E-state index is 0.771.